The fraction of sp³-hybridized carbons (Fsp3) is 0.333. The van der Waals surface area contributed by atoms with Crippen LogP contribution in [0.4, 0.5) is 5.13 Å². The molecule has 1 aliphatic carbocycles. The summed E-state index contributed by atoms with van der Waals surface area (Å²) in [7, 11) is -3.83. The Hall–Kier alpha value is -1.87. The van der Waals surface area contributed by atoms with E-state index in [4.69, 9.17) is 5.11 Å². The number of aryl methyl sites for hydroxylation is 1. The minimum absolute atomic E-state index is 0.00630. The fourth-order valence-electron chi connectivity index (χ4n) is 2.00. The molecule has 0 aromatic carbocycles. The highest BCUT2D eigenvalue weighted by molar-refractivity contribution is 7.93. The molecule has 0 amide bonds. The molecule has 9 heteroatoms. The van der Waals surface area contributed by atoms with E-state index in [9.17, 15) is 13.2 Å². The highest BCUT2D eigenvalue weighted by Crippen LogP contribution is 2.37. The van der Waals surface area contributed by atoms with Gasteiger partial charge in [-0.1, -0.05) is 0 Å². The third-order valence-corrected chi connectivity index (χ3v) is 5.44. The van der Waals surface area contributed by atoms with E-state index in [1.165, 1.54) is 28.2 Å². The van der Waals surface area contributed by atoms with Crippen LogP contribution >= 0.6 is 11.3 Å². The number of rotatable bonds is 5. The summed E-state index contributed by atoms with van der Waals surface area (Å²) in [6, 6.07) is 1.27. The van der Waals surface area contributed by atoms with Crippen molar-refractivity contribution in [2.75, 3.05) is 4.72 Å². The Balaban J connectivity index is 1.95. The van der Waals surface area contributed by atoms with Crippen molar-refractivity contribution < 1.29 is 18.3 Å². The molecule has 0 radical (unpaired) electrons. The maximum absolute atomic E-state index is 12.3. The van der Waals surface area contributed by atoms with Crippen molar-refractivity contribution in [2.24, 2.45) is 0 Å². The zero-order chi connectivity index (χ0) is 15.2. The van der Waals surface area contributed by atoms with Gasteiger partial charge in [0, 0.05) is 17.6 Å². The van der Waals surface area contributed by atoms with E-state index in [-0.39, 0.29) is 21.8 Å². The van der Waals surface area contributed by atoms with Crippen LogP contribution < -0.4 is 4.72 Å². The van der Waals surface area contributed by atoms with Gasteiger partial charge in [0.2, 0.25) is 0 Å². The van der Waals surface area contributed by atoms with E-state index in [1.807, 2.05) is 0 Å². The molecular weight excluding hydrogens is 314 g/mol. The average molecular weight is 327 g/mol. The lowest BCUT2D eigenvalue weighted by Crippen LogP contribution is -2.12. The summed E-state index contributed by atoms with van der Waals surface area (Å²) < 4.78 is 28.5. The largest absolute Gasteiger partial charge is 0.477 e. The monoisotopic (exact) mass is 327 g/mol. The summed E-state index contributed by atoms with van der Waals surface area (Å²) in [4.78, 5) is 15.2. The predicted octanol–water partition coefficient (Wildman–Crippen LogP) is 2.09. The fourth-order valence-corrected chi connectivity index (χ4v) is 3.97. The molecule has 21 heavy (non-hydrogen) atoms. The van der Waals surface area contributed by atoms with E-state index < -0.39 is 16.0 Å². The number of aromatic nitrogens is 2. The van der Waals surface area contributed by atoms with Gasteiger partial charge in [-0.2, -0.15) is 0 Å². The molecule has 0 aliphatic heterocycles. The normalized spacial score (nSPS) is 15.1. The van der Waals surface area contributed by atoms with Gasteiger partial charge >= 0.3 is 5.97 Å². The molecule has 0 unspecified atom stereocenters. The first-order valence-corrected chi connectivity index (χ1v) is 8.63. The van der Waals surface area contributed by atoms with Gasteiger partial charge in [-0.3, -0.25) is 4.72 Å². The average Bonchev–Trinajstić information content (AvgIpc) is 2.99. The Morgan fingerprint density at radius 1 is 1.52 bits per heavy atom. The van der Waals surface area contributed by atoms with Crippen molar-refractivity contribution in [3.63, 3.8) is 0 Å². The maximum Gasteiger partial charge on any atom is 0.352 e. The first kappa shape index (κ1) is 14.1. The SMILES string of the molecule is Cc1csc(NS(=O)(=O)c2cc(C(=O)O)n(C3CC3)c2)n1. The van der Waals surface area contributed by atoms with Crippen molar-refractivity contribution in [3.05, 3.63) is 29.0 Å². The summed E-state index contributed by atoms with van der Waals surface area (Å²) in [6.45, 7) is 1.76. The predicted molar refractivity (Wildman–Crippen MR) is 77.3 cm³/mol. The Kier molecular flexibility index (Phi) is 3.25. The second-order valence-electron chi connectivity index (χ2n) is 4.90. The van der Waals surface area contributed by atoms with E-state index in [0.29, 0.717) is 0 Å². The van der Waals surface area contributed by atoms with Crippen LogP contribution in [0, 0.1) is 6.92 Å². The van der Waals surface area contributed by atoms with Crippen molar-refractivity contribution in [1.29, 1.82) is 0 Å². The van der Waals surface area contributed by atoms with Crippen LogP contribution in [-0.4, -0.2) is 29.0 Å². The molecular formula is C12H13N3O4S2. The number of sulfonamides is 1. The minimum atomic E-state index is -3.83. The molecule has 7 nitrogen and oxygen atoms in total. The molecule has 2 aromatic heterocycles. The van der Waals surface area contributed by atoms with Crippen molar-refractivity contribution in [3.8, 4) is 0 Å². The van der Waals surface area contributed by atoms with Crippen LogP contribution in [0.3, 0.4) is 0 Å². The molecule has 1 aliphatic rings. The van der Waals surface area contributed by atoms with Gasteiger partial charge in [0.05, 0.1) is 5.69 Å². The molecule has 2 heterocycles. The zero-order valence-electron chi connectivity index (χ0n) is 11.1. The van der Waals surface area contributed by atoms with Gasteiger partial charge in [0.25, 0.3) is 10.0 Å². The number of hydrogen-bond donors (Lipinski definition) is 2. The first-order valence-electron chi connectivity index (χ1n) is 6.27. The second kappa shape index (κ2) is 4.85. The van der Waals surface area contributed by atoms with E-state index in [1.54, 1.807) is 12.3 Å². The zero-order valence-corrected chi connectivity index (χ0v) is 12.7. The number of anilines is 1. The van der Waals surface area contributed by atoms with Crippen LogP contribution in [0.15, 0.2) is 22.5 Å². The number of thiazole rings is 1. The minimum Gasteiger partial charge on any atom is -0.477 e. The quantitative estimate of drug-likeness (QED) is 0.875. The third kappa shape index (κ3) is 2.79. The van der Waals surface area contributed by atoms with Crippen LogP contribution in [0.2, 0.25) is 0 Å². The third-order valence-electron chi connectivity index (χ3n) is 3.13. The Morgan fingerprint density at radius 2 is 2.24 bits per heavy atom. The topological polar surface area (TPSA) is 101 Å². The summed E-state index contributed by atoms with van der Waals surface area (Å²) in [5.74, 6) is -1.13. The molecule has 112 valence electrons. The molecule has 0 saturated heterocycles. The van der Waals surface area contributed by atoms with Gasteiger partial charge in [0.15, 0.2) is 5.13 Å². The van der Waals surface area contributed by atoms with Crippen LogP contribution in [0.25, 0.3) is 0 Å². The van der Waals surface area contributed by atoms with Gasteiger partial charge in [-0.15, -0.1) is 11.3 Å². The number of carboxylic acid groups (broad SMARTS) is 1. The van der Waals surface area contributed by atoms with Gasteiger partial charge in [-0.25, -0.2) is 18.2 Å². The molecule has 1 fully saturated rings. The van der Waals surface area contributed by atoms with Gasteiger partial charge in [-0.05, 0) is 25.8 Å². The summed E-state index contributed by atoms with van der Waals surface area (Å²) in [5.41, 5.74) is 0.715. The highest BCUT2D eigenvalue weighted by atomic mass is 32.2. The van der Waals surface area contributed by atoms with Crippen LogP contribution in [-0.2, 0) is 10.0 Å². The van der Waals surface area contributed by atoms with Gasteiger partial charge in [0.1, 0.15) is 10.6 Å². The number of nitrogens with zero attached hydrogens (tertiary/aromatic N) is 2. The number of carboxylic acids is 1. The highest BCUT2D eigenvalue weighted by Gasteiger charge is 2.30. The number of nitrogens with one attached hydrogen (secondary N) is 1. The summed E-state index contributed by atoms with van der Waals surface area (Å²) in [6.07, 6.45) is 3.12. The van der Waals surface area contributed by atoms with Crippen molar-refractivity contribution in [1.82, 2.24) is 9.55 Å². The van der Waals surface area contributed by atoms with Crippen LogP contribution in [0.1, 0.15) is 35.1 Å². The first-order chi connectivity index (χ1) is 9.87. The lowest BCUT2D eigenvalue weighted by molar-refractivity contribution is 0.0685. The summed E-state index contributed by atoms with van der Waals surface area (Å²) in [5, 5.41) is 11.2. The molecule has 3 rings (SSSR count). The Bertz CT molecular complexity index is 802. The van der Waals surface area contributed by atoms with E-state index in [0.717, 1.165) is 18.5 Å². The second-order valence-corrected chi connectivity index (χ2v) is 7.44. The molecule has 0 spiro atoms. The lowest BCUT2D eigenvalue weighted by atomic mass is 10.4. The molecule has 0 bridgehead atoms. The maximum atomic E-state index is 12.3. The van der Waals surface area contributed by atoms with Crippen molar-refractivity contribution in [2.45, 2.75) is 30.7 Å². The molecule has 2 N–H and O–H groups in total. The van der Waals surface area contributed by atoms with E-state index in [2.05, 4.69) is 9.71 Å². The number of carbonyl (C=O) groups is 1. The smallest absolute Gasteiger partial charge is 0.352 e. The number of aromatic carboxylic acids is 1. The van der Waals surface area contributed by atoms with Crippen molar-refractivity contribution >= 4 is 32.5 Å². The summed E-state index contributed by atoms with van der Waals surface area (Å²) >= 11 is 1.18. The van der Waals surface area contributed by atoms with Gasteiger partial charge < -0.3 is 9.67 Å². The molecule has 0 atom stereocenters. The Morgan fingerprint density at radius 3 is 2.76 bits per heavy atom. The van der Waals surface area contributed by atoms with Crippen LogP contribution in [0.5, 0.6) is 0 Å². The molecule has 2 aromatic rings. The number of hydrogen-bond acceptors (Lipinski definition) is 5. The van der Waals surface area contributed by atoms with E-state index >= 15 is 0 Å². The molecule has 1 saturated carbocycles. The standard InChI is InChI=1S/C12H13N3O4S2/c1-7-6-20-12(13-7)14-21(18,19)9-4-10(11(16)17)15(5-9)8-2-3-8/h4-6,8H,2-3H2,1H3,(H,13,14)(H,16,17). The lowest BCUT2D eigenvalue weighted by Gasteiger charge is -2.03. The Labute approximate surface area is 125 Å².